The molecule has 1 rings (SSSR count). The minimum atomic E-state index is 0.640. The summed E-state index contributed by atoms with van der Waals surface area (Å²) >= 11 is 0. The molecule has 0 aliphatic heterocycles. The molecule has 1 aromatic rings. The molecular formula is C12H21NO. The SMILES string of the molecule is CCCCC(CC)c1c(C)noc1C. The van der Waals surface area contributed by atoms with Gasteiger partial charge in [0.1, 0.15) is 5.76 Å². The molecule has 0 fully saturated rings. The largest absolute Gasteiger partial charge is 0.361 e. The lowest BCUT2D eigenvalue weighted by molar-refractivity contribution is 0.390. The fourth-order valence-electron chi connectivity index (χ4n) is 2.08. The van der Waals surface area contributed by atoms with E-state index in [0.29, 0.717) is 5.92 Å². The average molecular weight is 195 g/mol. The van der Waals surface area contributed by atoms with Gasteiger partial charge in [-0.2, -0.15) is 0 Å². The van der Waals surface area contributed by atoms with Gasteiger partial charge in [0.2, 0.25) is 0 Å². The van der Waals surface area contributed by atoms with Crippen molar-refractivity contribution in [1.29, 1.82) is 0 Å². The summed E-state index contributed by atoms with van der Waals surface area (Å²) in [6, 6.07) is 0. The molecule has 2 heteroatoms. The van der Waals surface area contributed by atoms with E-state index in [1.54, 1.807) is 0 Å². The first-order valence-corrected chi connectivity index (χ1v) is 5.63. The highest BCUT2D eigenvalue weighted by Gasteiger charge is 2.17. The minimum absolute atomic E-state index is 0.640. The van der Waals surface area contributed by atoms with Gasteiger partial charge in [-0.25, -0.2) is 0 Å². The van der Waals surface area contributed by atoms with Crippen LogP contribution < -0.4 is 0 Å². The van der Waals surface area contributed by atoms with Crippen molar-refractivity contribution < 1.29 is 4.52 Å². The van der Waals surface area contributed by atoms with E-state index >= 15 is 0 Å². The maximum absolute atomic E-state index is 5.21. The van der Waals surface area contributed by atoms with Crippen molar-refractivity contribution in [2.24, 2.45) is 0 Å². The molecule has 0 amide bonds. The molecule has 1 unspecified atom stereocenters. The molecular weight excluding hydrogens is 174 g/mol. The van der Waals surface area contributed by atoms with Gasteiger partial charge < -0.3 is 4.52 Å². The van der Waals surface area contributed by atoms with E-state index in [4.69, 9.17) is 4.52 Å². The Hall–Kier alpha value is -0.790. The van der Waals surface area contributed by atoms with E-state index in [1.165, 1.54) is 31.2 Å². The standard InChI is InChI=1S/C12H21NO/c1-5-7-8-11(6-2)12-9(3)13-14-10(12)4/h11H,5-8H2,1-4H3. The predicted molar refractivity (Wildman–Crippen MR) is 58.5 cm³/mol. The van der Waals surface area contributed by atoms with Crippen LogP contribution in [0.3, 0.4) is 0 Å². The molecule has 0 radical (unpaired) electrons. The van der Waals surface area contributed by atoms with Crippen molar-refractivity contribution in [3.05, 3.63) is 17.0 Å². The number of hydrogen-bond donors (Lipinski definition) is 0. The molecule has 14 heavy (non-hydrogen) atoms. The Bertz CT molecular complexity index is 258. The van der Waals surface area contributed by atoms with E-state index < -0.39 is 0 Å². The van der Waals surface area contributed by atoms with Gasteiger partial charge in [0.05, 0.1) is 5.69 Å². The Kier molecular flexibility index (Phi) is 4.18. The maximum atomic E-state index is 5.21. The summed E-state index contributed by atoms with van der Waals surface area (Å²) in [5.41, 5.74) is 2.42. The van der Waals surface area contributed by atoms with Crippen LogP contribution in [0.2, 0.25) is 0 Å². The number of nitrogens with zero attached hydrogens (tertiary/aromatic N) is 1. The summed E-state index contributed by atoms with van der Waals surface area (Å²) in [5.74, 6) is 1.65. The number of hydrogen-bond acceptors (Lipinski definition) is 2. The molecule has 0 N–H and O–H groups in total. The third kappa shape index (κ3) is 2.37. The molecule has 1 heterocycles. The van der Waals surface area contributed by atoms with Crippen LogP contribution in [0.25, 0.3) is 0 Å². The van der Waals surface area contributed by atoms with Crippen LogP contribution in [0.1, 0.15) is 62.5 Å². The Morgan fingerprint density at radius 2 is 2.00 bits per heavy atom. The Labute approximate surface area is 86.7 Å². The smallest absolute Gasteiger partial charge is 0.137 e. The van der Waals surface area contributed by atoms with Gasteiger partial charge in [-0.05, 0) is 32.6 Å². The van der Waals surface area contributed by atoms with Gasteiger partial charge in [0.25, 0.3) is 0 Å². The zero-order chi connectivity index (χ0) is 10.6. The second-order valence-electron chi connectivity index (χ2n) is 3.99. The first kappa shape index (κ1) is 11.3. The second-order valence-corrected chi connectivity index (χ2v) is 3.99. The summed E-state index contributed by atoms with van der Waals surface area (Å²) < 4.78 is 5.21. The molecule has 2 nitrogen and oxygen atoms in total. The van der Waals surface area contributed by atoms with Crippen LogP contribution in [0.15, 0.2) is 4.52 Å². The summed E-state index contributed by atoms with van der Waals surface area (Å²) in [6.07, 6.45) is 5.00. The summed E-state index contributed by atoms with van der Waals surface area (Å²) in [6.45, 7) is 8.54. The zero-order valence-corrected chi connectivity index (χ0v) is 9.76. The third-order valence-electron chi connectivity index (χ3n) is 2.90. The van der Waals surface area contributed by atoms with Crippen molar-refractivity contribution in [2.75, 3.05) is 0 Å². The van der Waals surface area contributed by atoms with Gasteiger partial charge in [0.15, 0.2) is 0 Å². The minimum Gasteiger partial charge on any atom is -0.361 e. The molecule has 0 aliphatic carbocycles. The molecule has 0 saturated carbocycles. The molecule has 1 atom stereocenters. The summed E-state index contributed by atoms with van der Waals surface area (Å²) in [7, 11) is 0. The number of aromatic nitrogens is 1. The Balaban J connectivity index is 2.77. The topological polar surface area (TPSA) is 26.0 Å². The monoisotopic (exact) mass is 195 g/mol. The predicted octanol–water partition coefficient (Wildman–Crippen LogP) is 3.98. The fraction of sp³-hybridized carbons (Fsp3) is 0.750. The van der Waals surface area contributed by atoms with Crippen molar-refractivity contribution in [1.82, 2.24) is 5.16 Å². The van der Waals surface area contributed by atoms with E-state index in [2.05, 4.69) is 19.0 Å². The molecule has 0 bridgehead atoms. The van der Waals surface area contributed by atoms with Crippen LogP contribution in [0, 0.1) is 13.8 Å². The van der Waals surface area contributed by atoms with Gasteiger partial charge in [-0.3, -0.25) is 0 Å². The lowest BCUT2D eigenvalue weighted by Gasteiger charge is -2.13. The second kappa shape index (κ2) is 5.18. The zero-order valence-electron chi connectivity index (χ0n) is 9.76. The van der Waals surface area contributed by atoms with Crippen molar-refractivity contribution in [3.63, 3.8) is 0 Å². The first-order chi connectivity index (χ1) is 6.70. The van der Waals surface area contributed by atoms with Gasteiger partial charge in [-0.1, -0.05) is 31.8 Å². The van der Waals surface area contributed by atoms with Crippen LogP contribution >= 0.6 is 0 Å². The molecule has 0 aromatic carbocycles. The number of aryl methyl sites for hydroxylation is 2. The molecule has 0 aliphatic rings. The van der Waals surface area contributed by atoms with Gasteiger partial charge in [0, 0.05) is 5.56 Å². The lowest BCUT2D eigenvalue weighted by atomic mass is 9.90. The average Bonchev–Trinajstić information content (AvgIpc) is 2.50. The Morgan fingerprint density at radius 1 is 1.29 bits per heavy atom. The van der Waals surface area contributed by atoms with E-state index in [9.17, 15) is 0 Å². The lowest BCUT2D eigenvalue weighted by Crippen LogP contribution is -2.00. The Morgan fingerprint density at radius 3 is 2.43 bits per heavy atom. The van der Waals surface area contributed by atoms with Crippen molar-refractivity contribution in [2.45, 2.75) is 59.3 Å². The number of rotatable bonds is 5. The molecule has 0 spiro atoms. The highest BCUT2D eigenvalue weighted by molar-refractivity contribution is 5.25. The van der Waals surface area contributed by atoms with Crippen molar-refractivity contribution in [3.8, 4) is 0 Å². The molecule has 1 aromatic heterocycles. The molecule has 80 valence electrons. The van der Waals surface area contributed by atoms with Crippen LogP contribution in [0.4, 0.5) is 0 Å². The van der Waals surface area contributed by atoms with Crippen molar-refractivity contribution >= 4 is 0 Å². The molecule has 0 saturated heterocycles. The van der Waals surface area contributed by atoms with E-state index in [-0.39, 0.29) is 0 Å². The van der Waals surface area contributed by atoms with Gasteiger partial charge >= 0.3 is 0 Å². The van der Waals surface area contributed by atoms with Crippen LogP contribution in [0.5, 0.6) is 0 Å². The van der Waals surface area contributed by atoms with E-state index in [1.807, 2.05) is 13.8 Å². The number of unbranched alkanes of at least 4 members (excludes halogenated alkanes) is 1. The van der Waals surface area contributed by atoms with Crippen LogP contribution in [-0.2, 0) is 0 Å². The summed E-state index contributed by atoms with van der Waals surface area (Å²) in [5, 5.41) is 4.02. The van der Waals surface area contributed by atoms with Gasteiger partial charge in [-0.15, -0.1) is 0 Å². The fourth-order valence-corrected chi connectivity index (χ4v) is 2.08. The van der Waals surface area contributed by atoms with E-state index in [0.717, 1.165) is 11.5 Å². The highest BCUT2D eigenvalue weighted by Crippen LogP contribution is 2.30. The maximum Gasteiger partial charge on any atom is 0.137 e. The third-order valence-corrected chi connectivity index (χ3v) is 2.90. The normalized spacial score (nSPS) is 13.1. The summed E-state index contributed by atoms with van der Waals surface area (Å²) in [4.78, 5) is 0. The highest BCUT2D eigenvalue weighted by atomic mass is 16.5. The first-order valence-electron chi connectivity index (χ1n) is 5.63. The van der Waals surface area contributed by atoms with Crippen LogP contribution in [-0.4, -0.2) is 5.16 Å². The quantitative estimate of drug-likeness (QED) is 0.710.